The molecule has 1 aromatic rings. The summed E-state index contributed by atoms with van der Waals surface area (Å²) in [6, 6.07) is 8.38. The predicted molar refractivity (Wildman–Crippen MR) is 88.2 cm³/mol. The van der Waals surface area contributed by atoms with E-state index in [1.807, 2.05) is 11.0 Å². The lowest BCUT2D eigenvalue weighted by atomic mass is 9.89. The number of hydrogen-bond acceptors (Lipinski definition) is 3. The Balaban J connectivity index is 1.86. The molecule has 0 heterocycles. The van der Waals surface area contributed by atoms with Gasteiger partial charge in [-0.05, 0) is 30.4 Å². The van der Waals surface area contributed by atoms with Crippen LogP contribution in [-0.4, -0.2) is 42.4 Å². The minimum atomic E-state index is -0.587. The molecular formula is C19H23NO2. The quantitative estimate of drug-likeness (QED) is 0.782. The van der Waals surface area contributed by atoms with Gasteiger partial charge in [0.1, 0.15) is 0 Å². The van der Waals surface area contributed by atoms with E-state index < -0.39 is 6.10 Å². The van der Waals surface area contributed by atoms with Crippen LogP contribution in [0.4, 0.5) is 0 Å². The Hall–Kier alpha value is -1.78. The first-order valence-corrected chi connectivity index (χ1v) is 7.71. The zero-order valence-electron chi connectivity index (χ0n) is 12.9. The molecular weight excluding hydrogens is 274 g/mol. The summed E-state index contributed by atoms with van der Waals surface area (Å²) in [4.78, 5) is 1.86. The smallest absolute Gasteiger partial charge is 0.0901 e. The van der Waals surface area contributed by atoms with Gasteiger partial charge in [-0.15, -0.1) is 12.8 Å². The van der Waals surface area contributed by atoms with Crippen molar-refractivity contribution >= 4 is 0 Å². The maximum atomic E-state index is 10.1. The summed E-state index contributed by atoms with van der Waals surface area (Å²) in [5, 5.41) is 10.1. The molecule has 0 aliphatic heterocycles. The van der Waals surface area contributed by atoms with E-state index in [4.69, 9.17) is 17.6 Å². The zero-order chi connectivity index (χ0) is 15.8. The lowest BCUT2D eigenvalue weighted by molar-refractivity contribution is -0.0259. The molecule has 0 bridgehead atoms. The average molecular weight is 297 g/mol. The molecule has 0 radical (unpaired) electrons. The van der Waals surface area contributed by atoms with Gasteiger partial charge in [0.05, 0.1) is 31.9 Å². The van der Waals surface area contributed by atoms with E-state index >= 15 is 0 Å². The average Bonchev–Trinajstić information content (AvgIpc) is 2.53. The van der Waals surface area contributed by atoms with Crippen LogP contribution in [0.15, 0.2) is 24.3 Å². The standard InChI is InChI=1S/C19H23NO2/c1-3-12-20(13-4-2)14-17(21)15-22-19-11-7-9-16-8-5-6-10-18(16)19/h1-2,5-6,8,10,17,19,21H,7,9,11-15H2. The molecule has 0 saturated carbocycles. The third-order valence-electron chi connectivity index (χ3n) is 3.90. The second kappa shape index (κ2) is 8.61. The summed E-state index contributed by atoms with van der Waals surface area (Å²) in [7, 11) is 0. The number of nitrogens with zero attached hydrogens (tertiary/aromatic N) is 1. The molecule has 2 atom stereocenters. The van der Waals surface area contributed by atoms with Crippen LogP contribution >= 0.6 is 0 Å². The van der Waals surface area contributed by atoms with Crippen molar-refractivity contribution in [1.82, 2.24) is 4.90 Å². The van der Waals surface area contributed by atoms with Crippen LogP contribution in [0.2, 0.25) is 0 Å². The van der Waals surface area contributed by atoms with E-state index in [0.717, 1.165) is 19.3 Å². The highest BCUT2D eigenvalue weighted by atomic mass is 16.5. The van der Waals surface area contributed by atoms with E-state index in [9.17, 15) is 5.11 Å². The van der Waals surface area contributed by atoms with E-state index in [1.54, 1.807) is 0 Å². The Kier molecular flexibility index (Phi) is 6.49. The monoisotopic (exact) mass is 297 g/mol. The number of fused-ring (bicyclic) bond motifs is 1. The lowest BCUT2D eigenvalue weighted by Gasteiger charge is -2.27. The summed E-state index contributed by atoms with van der Waals surface area (Å²) in [5.74, 6) is 5.11. The molecule has 0 spiro atoms. The van der Waals surface area contributed by atoms with Crippen LogP contribution in [0, 0.1) is 24.7 Å². The van der Waals surface area contributed by atoms with E-state index in [0.29, 0.717) is 26.2 Å². The molecule has 0 aromatic heterocycles. The van der Waals surface area contributed by atoms with Crippen molar-refractivity contribution in [2.75, 3.05) is 26.2 Å². The van der Waals surface area contributed by atoms with Crippen molar-refractivity contribution in [2.24, 2.45) is 0 Å². The fraction of sp³-hybridized carbons (Fsp3) is 0.474. The van der Waals surface area contributed by atoms with Crippen LogP contribution in [-0.2, 0) is 11.2 Å². The van der Waals surface area contributed by atoms with Gasteiger partial charge in [-0.2, -0.15) is 0 Å². The first kappa shape index (κ1) is 16.6. The lowest BCUT2D eigenvalue weighted by Crippen LogP contribution is -2.36. The number of rotatable bonds is 7. The molecule has 0 saturated heterocycles. The molecule has 22 heavy (non-hydrogen) atoms. The number of terminal acetylenes is 2. The normalized spacial score (nSPS) is 18.3. The molecule has 2 rings (SSSR count). The maximum Gasteiger partial charge on any atom is 0.0901 e. The Morgan fingerprint density at radius 1 is 1.27 bits per heavy atom. The van der Waals surface area contributed by atoms with E-state index in [-0.39, 0.29) is 6.10 Å². The summed E-state index contributed by atoms with van der Waals surface area (Å²) in [6.45, 7) is 1.61. The predicted octanol–water partition coefficient (Wildman–Crippen LogP) is 2.01. The topological polar surface area (TPSA) is 32.7 Å². The van der Waals surface area contributed by atoms with Gasteiger partial charge in [0.25, 0.3) is 0 Å². The van der Waals surface area contributed by atoms with Crippen LogP contribution in [0.1, 0.15) is 30.1 Å². The minimum absolute atomic E-state index is 0.0771. The van der Waals surface area contributed by atoms with Crippen molar-refractivity contribution in [3.8, 4) is 24.7 Å². The molecule has 0 fully saturated rings. The van der Waals surface area contributed by atoms with Crippen LogP contribution in [0.3, 0.4) is 0 Å². The van der Waals surface area contributed by atoms with Gasteiger partial charge >= 0.3 is 0 Å². The third kappa shape index (κ3) is 4.61. The fourth-order valence-corrected chi connectivity index (χ4v) is 2.90. The van der Waals surface area contributed by atoms with Crippen molar-refractivity contribution < 1.29 is 9.84 Å². The molecule has 1 aromatic carbocycles. The molecule has 116 valence electrons. The van der Waals surface area contributed by atoms with E-state index in [1.165, 1.54) is 11.1 Å². The molecule has 2 unspecified atom stereocenters. The molecule has 1 aliphatic rings. The number of ether oxygens (including phenoxy) is 1. The second-order valence-electron chi connectivity index (χ2n) is 5.64. The van der Waals surface area contributed by atoms with Gasteiger partial charge in [0, 0.05) is 6.54 Å². The molecule has 3 heteroatoms. The maximum absolute atomic E-state index is 10.1. The molecule has 3 nitrogen and oxygen atoms in total. The number of hydrogen-bond donors (Lipinski definition) is 1. The van der Waals surface area contributed by atoms with E-state index in [2.05, 4.69) is 30.0 Å². The van der Waals surface area contributed by atoms with Crippen molar-refractivity contribution in [3.05, 3.63) is 35.4 Å². The largest absolute Gasteiger partial charge is 0.389 e. The highest BCUT2D eigenvalue weighted by molar-refractivity contribution is 5.31. The summed E-state index contributed by atoms with van der Waals surface area (Å²) in [6.07, 6.45) is 13.3. The number of aliphatic hydroxyl groups is 1. The van der Waals surface area contributed by atoms with Crippen LogP contribution < -0.4 is 0 Å². The highest BCUT2D eigenvalue weighted by Gasteiger charge is 2.21. The van der Waals surface area contributed by atoms with Gasteiger partial charge in [-0.3, -0.25) is 4.90 Å². The Morgan fingerprint density at radius 2 is 2.00 bits per heavy atom. The third-order valence-corrected chi connectivity index (χ3v) is 3.90. The van der Waals surface area contributed by atoms with Gasteiger partial charge in [-0.1, -0.05) is 36.1 Å². The molecule has 1 N–H and O–H groups in total. The van der Waals surface area contributed by atoms with Crippen molar-refractivity contribution in [1.29, 1.82) is 0 Å². The second-order valence-corrected chi connectivity index (χ2v) is 5.64. The van der Waals surface area contributed by atoms with Crippen LogP contribution in [0.5, 0.6) is 0 Å². The Morgan fingerprint density at radius 3 is 2.73 bits per heavy atom. The summed E-state index contributed by atoms with van der Waals surface area (Å²) in [5.41, 5.74) is 2.61. The Bertz CT molecular complexity index is 539. The summed E-state index contributed by atoms with van der Waals surface area (Å²) < 4.78 is 5.95. The fourth-order valence-electron chi connectivity index (χ4n) is 2.90. The minimum Gasteiger partial charge on any atom is -0.389 e. The summed E-state index contributed by atoms with van der Waals surface area (Å²) >= 11 is 0. The van der Waals surface area contributed by atoms with Gasteiger partial charge in [0.15, 0.2) is 0 Å². The molecule has 1 aliphatic carbocycles. The first-order chi connectivity index (χ1) is 10.7. The van der Waals surface area contributed by atoms with Crippen molar-refractivity contribution in [3.63, 3.8) is 0 Å². The molecule has 0 amide bonds. The SMILES string of the molecule is C#CCN(CC#C)CC(O)COC1CCCc2ccccc21. The van der Waals surface area contributed by atoms with Crippen molar-refractivity contribution in [2.45, 2.75) is 31.5 Å². The number of aliphatic hydroxyl groups excluding tert-OH is 1. The van der Waals surface area contributed by atoms with Gasteiger partial charge < -0.3 is 9.84 Å². The number of aryl methyl sites for hydroxylation is 1. The number of benzene rings is 1. The highest BCUT2D eigenvalue weighted by Crippen LogP contribution is 2.32. The van der Waals surface area contributed by atoms with Crippen LogP contribution in [0.25, 0.3) is 0 Å². The Labute approximate surface area is 133 Å². The zero-order valence-corrected chi connectivity index (χ0v) is 12.9. The van der Waals surface area contributed by atoms with Gasteiger partial charge in [-0.25, -0.2) is 0 Å². The van der Waals surface area contributed by atoms with Gasteiger partial charge in [0.2, 0.25) is 0 Å². The first-order valence-electron chi connectivity index (χ1n) is 7.71.